The lowest BCUT2D eigenvalue weighted by molar-refractivity contribution is -0.140. The lowest BCUT2D eigenvalue weighted by Crippen LogP contribution is -2.16. The molecule has 21 heavy (non-hydrogen) atoms. The highest BCUT2D eigenvalue weighted by molar-refractivity contribution is 5.36. The van der Waals surface area contributed by atoms with Crippen LogP contribution in [0.3, 0.4) is 0 Å². The fourth-order valence-electron chi connectivity index (χ4n) is 1.89. The van der Waals surface area contributed by atoms with Crippen LogP contribution in [0.1, 0.15) is 22.7 Å². The standard InChI is InChI=1S/C14H9F6N/c15-8-2-3-9(12(17)6-8)13(21)7-1-4-11(16)10(5-7)14(18,19)20/h1-6,13H,21H2. The van der Waals surface area contributed by atoms with Crippen LogP contribution < -0.4 is 5.73 Å². The maximum atomic E-state index is 13.6. The third-order valence-corrected chi connectivity index (χ3v) is 2.95. The van der Waals surface area contributed by atoms with E-state index in [0.29, 0.717) is 18.2 Å². The van der Waals surface area contributed by atoms with Gasteiger partial charge in [0.25, 0.3) is 0 Å². The van der Waals surface area contributed by atoms with E-state index in [1.54, 1.807) is 0 Å². The summed E-state index contributed by atoms with van der Waals surface area (Å²) in [6.07, 6.45) is -4.89. The van der Waals surface area contributed by atoms with Crippen LogP contribution in [-0.2, 0) is 6.18 Å². The highest BCUT2D eigenvalue weighted by Gasteiger charge is 2.34. The number of rotatable bonds is 2. The first-order valence-corrected chi connectivity index (χ1v) is 5.77. The molecule has 112 valence electrons. The molecule has 7 heteroatoms. The minimum Gasteiger partial charge on any atom is -0.320 e. The molecule has 2 N–H and O–H groups in total. The molecule has 0 saturated carbocycles. The van der Waals surface area contributed by atoms with Gasteiger partial charge in [0.1, 0.15) is 17.5 Å². The lowest BCUT2D eigenvalue weighted by atomic mass is 9.97. The van der Waals surface area contributed by atoms with E-state index in [1.165, 1.54) is 0 Å². The molecule has 0 saturated heterocycles. The van der Waals surface area contributed by atoms with Gasteiger partial charge in [0.15, 0.2) is 0 Å². The predicted octanol–water partition coefficient (Wildman–Crippen LogP) is 4.17. The monoisotopic (exact) mass is 305 g/mol. The summed E-state index contributed by atoms with van der Waals surface area (Å²) >= 11 is 0. The van der Waals surface area contributed by atoms with Crippen molar-refractivity contribution in [3.8, 4) is 0 Å². The van der Waals surface area contributed by atoms with E-state index < -0.39 is 35.2 Å². The molecule has 1 nitrogen and oxygen atoms in total. The summed E-state index contributed by atoms with van der Waals surface area (Å²) in [5.74, 6) is -3.27. The van der Waals surface area contributed by atoms with Crippen LogP contribution in [-0.4, -0.2) is 0 Å². The molecule has 0 aliphatic rings. The molecule has 0 radical (unpaired) electrons. The van der Waals surface area contributed by atoms with Crippen molar-refractivity contribution in [1.29, 1.82) is 0 Å². The number of nitrogens with two attached hydrogens (primary N) is 1. The molecule has 0 bridgehead atoms. The van der Waals surface area contributed by atoms with Gasteiger partial charge in [-0.1, -0.05) is 12.1 Å². The molecule has 0 aliphatic heterocycles. The van der Waals surface area contributed by atoms with Crippen LogP contribution in [0.2, 0.25) is 0 Å². The second-order valence-corrected chi connectivity index (χ2v) is 4.38. The Hall–Kier alpha value is -2.02. The molecule has 2 rings (SSSR count). The average Bonchev–Trinajstić information content (AvgIpc) is 2.37. The van der Waals surface area contributed by atoms with Crippen molar-refractivity contribution in [2.75, 3.05) is 0 Å². The van der Waals surface area contributed by atoms with Crippen molar-refractivity contribution in [2.45, 2.75) is 12.2 Å². The summed E-state index contributed by atoms with van der Waals surface area (Å²) in [7, 11) is 0. The molecule has 0 spiro atoms. The Morgan fingerprint density at radius 3 is 2.10 bits per heavy atom. The summed E-state index contributed by atoms with van der Waals surface area (Å²) in [5, 5.41) is 0. The van der Waals surface area contributed by atoms with E-state index in [2.05, 4.69) is 0 Å². The second kappa shape index (κ2) is 5.40. The predicted molar refractivity (Wildman–Crippen MR) is 63.8 cm³/mol. The Kier molecular flexibility index (Phi) is 3.95. The highest BCUT2D eigenvalue weighted by Crippen LogP contribution is 2.34. The van der Waals surface area contributed by atoms with Crippen molar-refractivity contribution in [3.05, 3.63) is 70.5 Å². The molecule has 0 fully saturated rings. The Labute approximate surface area is 116 Å². The lowest BCUT2D eigenvalue weighted by Gasteiger charge is -2.16. The molecule has 0 amide bonds. The van der Waals surface area contributed by atoms with Crippen molar-refractivity contribution >= 4 is 0 Å². The zero-order valence-corrected chi connectivity index (χ0v) is 10.4. The maximum absolute atomic E-state index is 13.6. The summed E-state index contributed by atoms with van der Waals surface area (Å²) in [6.45, 7) is 0. The highest BCUT2D eigenvalue weighted by atomic mass is 19.4. The van der Waals surface area contributed by atoms with E-state index in [4.69, 9.17) is 5.73 Å². The molecule has 0 heterocycles. The second-order valence-electron chi connectivity index (χ2n) is 4.38. The molecule has 1 unspecified atom stereocenters. The molecule has 2 aromatic rings. The van der Waals surface area contributed by atoms with Gasteiger partial charge in [0.05, 0.1) is 11.6 Å². The van der Waals surface area contributed by atoms with Gasteiger partial charge in [-0.3, -0.25) is 0 Å². The number of hydrogen-bond donors (Lipinski definition) is 1. The van der Waals surface area contributed by atoms with Crippen LogP contribution in [0.5, 0.6) is 0 Å². The van der Waals surface area contributed by atoms with Gasteiger partial charge in [-0.15, -0.1) is 0 Å². The van der Waals surface area contributed by atoms with Gasteiger partial charge in [-0.05, 0) is 23.8 Å². The zero-order valence-electron chi connectivity index (χ0n) is 10.4. The van der Waals surface area contributed by atoms with E-state index >= 15 is 0 Å². The zero-order chi connectivity index (χ0) is 15.8. The first-order chi connectivity index (χ1) is 9.70. The number of halogens is 6. The molecular weight excluding hydrogens is 296 g/mol. The molecule has 1 atom stereocenters. The fourth-order valence-corrected chi connectivity index (χ4v) is 1.89. The Morgan fingerprint density at radius 2 is 1.52 bits per heavy atom. The van der Waals surface area contributed by atoms with Crippen molar-refractivity contribution in [2.24, 2.45) is 5.73 Å². The van der Waals surface area contributed by atoms with Gasteiger partial charge in [0.2, 0.25) is 0 Å². The van der Waals surface area contributed by atoms with Gasteiger partial charge >= 0.3 is 6.18 Å². The van der Waals surface area contributed by atoms with E-state index in [0.717, 1.165) is 18.2 Å². The Morgan fingerprint density at radius 1 is 0.857 bits per heavy atom. The molecular formula is C14H9F6N. The first-order valence-electron chi connectivity index (χ1n) is 5.77. The Balaban J connectivity index is 2.46. The molecule has 0 aliphatic carbocycles. The smallest absolute Gasteiger partial charge is 0.320 e. The van der Waals surface area contributed by atoms with Crippen LogP contribution in [0.25, 0.3) is 0 Å². The number of benzene rings is 2. The van der Waals surface area contributed by atoms with Gasteiger partial charge in [0, 0.05) is 11.6 Å². The van der Waals surface area contributed by atoms with Crippen LogP contribution in [0.15, 0.2) is 36.4 Å². The van der Waals surface area contributed by atoms with Gasteiger partial charge in [-0.2, -0.15) is 13.2 Å². The van der Waals surface area contributed by atoms with Gasteiger partial charge in [-0.25, -0.2) is 13.2 Å². The van der Waals surface area contributed by atoms with Crippen molar-refractivity contribution < 1.29 is 26.3 Å². The molecule has 0 aromatic heterocycles. The SMILES string of the molecule is NC(c1ccc(F)c(C(F)(F)F)c1)c1ccc(F)cc1F. The third kappa shape index (κ3) is 3.18. The normalized spacial score (nSPS) is 13.3. The van der Waals surface area contributed by atoms with E-state index in [-0.39, 0.29) is 11.1 Å². The number of hydrogen-bond acceptors (Lipinski definition) is 1. The Bertz CT molecular complexity index is 665. The number of alkyl halides is 3. The minimum absolute atomic E-state index is 0.130. The first kappa shape index (κ1) is 15.4. The fraction of sp³-hybridized carbons (Fsp3) is 0.143. The van der Waals surface area contributed by atoms with Gasteiger partial charge < -0.3 is 5.73 Å². The maximum Gasteiger partial charge on any atom is 0.419 e. The topological polar surface area (TPSA) is 26.0 Å². The summed E-state index contributed by atoms with van der Waals surface area (Å²) in [4.78, 5) is 0. The van der Waals surface area contributed by atoms with Crippen LogP contribution in [0.4, 0.5) is 26.3 Å². The minimum atomic E-state index is -4.89. The summed E-state index contributed by atoms with van der Waals surface area (Å²) in [5.41, 5.74) is 3.87. The summed E-state index contributed by atoms with van der Waals surface area (Å²) < 4.78 is 77.4. The largest absolute Gasteiger partial charge is 0.419 e. The van der Waals surface area contributed by atoms with Crippen molar-refractivity contribution in [3.63, 3.8) is 0 Å². The van der Waals surface area contributed by atoms with E-state index in [1.807, 2.05) is 0 Å². The third-order valence-electron chi connectivity index (χ3n) is 2.95. The van der Waals surface area contributed by atoms with Crippen molar-refractivity contribution in [1.82, 2.24) is 0 Å². The van der Waals surface area contributed by atoms with Crippen LogP contribution >= 0.6 is 0 Å². The quantitative estimate of drug-likeness (QED) is 0.828. The van der Waals surface area contributed by atoms with Crippen LogP contribution in [0, 0.1) is 17.5 Å². The molecule has 2 aromatic carbocycles. The average molecular weight is 305 g/mol. The summed E-state index contributed by atoms with van der Waals surface area (Å²) in [6, 6.07) is 3.43. The van der Waals surface area contributed by atoms with E-state index in [9.17, 15) is 26.3 Å².